The molecule has 158 valence electrons. The van der Waals surface area contributed by atoms with Gasteiger partial charge in [-0.3, -0.25) is 9.59 Å². The van der Waals surface area contributed by atoms with Crippen molar-refractivity contribution >= 4 is 22.5 Å². The van der Waals surface area contributed by atoms with Crippen molar-refractivity contribution in [1.82, 2.24) is 19.6 Å². The Kier molecular flexibility index (Phi) is 6.18. The summed E-state index contributed by atoms with van der Waals surface area (Å²) in [4.78, 5) is 25.9. The molecule has 2 aromatic carbocycles. The van der Waals surface area contributed by atoms with Crippen molar-refractivity contribution in [1.29, 1.82) is 0 Å². The van der Waals surface area contributed by atoms with Crippen LogP contribution in [0.25, 0.3) is 10.9 Å². The minimum absolute atomic E-state index is 0.166. The number of methoxy groups -OCH3 is 1. The molecule has 1 amide bonds. The van der Waals surface area contributed by atoms with E-state index in [0.717, 1.165) is 5.56 Å². The summed E-state index contributed by atoms with van der Waals surface area (Å²) in [7, 11) is 1.56. The number of hydrogen-bond donors (Lipinski definition) is 1. The van der Waals surface area contributed by atoms with Crippen molar-refractivity contribution in [2.75, 3.05) is 19.0 Å². The summed E-state index contributed by atoms with van der Waals surface area (Å²) in [5.41, 5.74) is 1.80. The average molecular weight is 417 g/mol. The summed E-state index contributed by atoms with van der Waals surface area (Å²) in [5, 5.41) is 11.4. The predicted octanol–water partition coefficient (Wildman–Crippen LogP) is 2.66. The monoisotopic (exact) mass is 417 g/mol. The Labute approximate surface area is 179 Å². The van der Waals surface area contributed by atoms with Crippen LogP contribution in [0.3, 0.4) is 0 Å². The maximum Gasteiger partial charge on any atom is 0.277 e. The number of carbonyl (C=O) groups is 1. The number of amides is 1. The van der Waals surface area contributed by atoms with E-state index in [4.69, 9.17) is 4.74 Å². The van der Waals surface area contributed by atoms with Crippen LogP contribution in [-0.2, 0) is 22.5 Å². The quantitative estimate of drug-likeness (QED) is 0.476. The smallest absolute Gasteiger partial charge is 0.277 e. The van der Waals surface area contributed by atoms with Crippen LogP contribution in [0.5, 0.6) is 0 Å². The van der Waals surface area contributed by atoms with Crippen LogP contribution < -0.4 is 10.9 Å². The molecular weight excluding hydrogens is 394 g/mol. The normalized spacial score (nSPS) is 12.0. The molecule has 0 radical (unpaired) electrons. The van der Waals surface area contributed by atoms with Gasteiger partial charge in [-0.15, -0.1) is 5.10 Å². The molecule has 0 aliphatic carbocycles. The maximum absolute atomic E-state index is 13.2. The van der Waals surface area contributed by atoms with Crippen LogP contribution in [0.1, 0.15) is 11.6 Å². The molecule has 31 heavy (non-hydrogen) atoms. The van der Waals surface area contributed by atoms with Crippen LogP contribution in [0.4, 0.5) is 5.69 Å². The van der Waals surface area contributed by atoms with E-state index in [0.29, 0.717) is 36.2 Å². The van der Waals surface area contributed by atoms with E-state index in [9.17, 15) is 9.59 Å². The van der Waals surface area contributed by atoms with Gasteiger partial charge in [0.15, 0.2) is 0 Å². The van der Waals surface area contributed by atoms with Gasteiger partial charge in [0.25, 0.3) is 5.56 Å². The number of ether oxygens (including phenoxy) is 1. The minimum atomic E-state index is -0.429. The summed E-state index contributed by atoms with van der Waals surface area (Å²) in [5.74, 6) is -0.166. The van der Waals surface area contributed by atoms with Crippen LogP contribution in [0.2, 0.25) is 0 Å². The Morgan fingerprint density at radius 3 is 2.61 bits per heavy atom. The minimum Gasteiger partial charge on any atom is -0.383 e. The number of carbonyl (C=O) groups excluding carboxylic acids is 1. The molecule has 0 aliphatic rings. The van der Waals surface area contributed by atoms with Crippen LogP contribution in [0, 0.1) is 0 Å². The highest BCUT2D eigenvalue weighted by Gasteiger charge is 2.21. The van der Waals surface area contributed by atoms with Gasteiger partial charge in [0.2, 0.25) is 5.91 Å². The lowest BCUT2D eigenvalue weighted by atomic mass is 10.0. The molecule has 2 heterocycles. The number of hydrogen-bond acceptors (Lipinski definition) is 5. The third kappa shape index (κ3) is 4.70. The van der Waals surface area contributed by atoms with Crippen molar-refractivity contribution in [3.05, 3.63) is 89.0 Å². The SMILES string of the molecule is COCCn1nnc2ccc(NC(=O)C(Cc3ccccc3)n3cccc3)cc2c1=O. The Balaban J connectivity index is 1.60. The Bertz CT molecular complexity index is 1220. The zero-order chi connectivity index (χ0) is 21.6. The molecular formula is C23H23N5O3. The first-order valence-corrected chi connectivity index (χ1v) is 9.99. The fourth-order valence-electron chi connectivity index (χ4n) is 3.43. The lowest BCUT2D eigenvalue weighted by molar-refractivity contribution is -0.119. The molecule has 0 bridgehead atoms. The first-order valence-electron chi connectivity index (χ1n) is 9.99. The number of anilines is 1. The lowest BCUT2D eigenvalue weighted by Gasteiger charge is -2.19. The van der Waals surface area contributed by atoms with E-state index in [-0.39, 0.29) is 11.5 Å². The third-order valence-electron chi connectivity index (χ3n) is 5.06. The Morgan fingerprint density at radius 1 is 1.10 bits per heavy atom. The van der Waals surface area contributed by atoms with Crippen LogP contribution in [-0.4, -0.2) is 39.2 Å². The second-order valence-electron chi connectivity index (χ2n) is 7.17. The third-order valence-corrected chi connectivity index (χ3v) is 5.06. The molecule has 0 saturated heterocycles. The van der Waals surface area contributed by atoms with Crippen molar-refractivity contribution in [3.63, 3.8) is 0 Å². The van der Waals surface area contributed by atoms with Gasteiger partial charge in [-0.1, -0.05) is 35.5 Å². The number of aromatic nitrogens is 4. The predicted molar refractivity (Wildman–Crippen MR) is 118 cm³/mol. The Morgan fingerprint density at radius 2 is 1.87 bits per heavy atom. The summed E-state index contributed by atoms with van der Waals surface area (Å²) < 4.78 is 8.15. The summed E-state index contributed by atoms with van der Waals surface area (Å²) in [6.45, 7) is 0.663. The van der Waals surface area contributed by atoms with E-state index in [1.165, 1.54) is 4.68 Å². The number of nitrogens with one attached hydrogen (secondary N) is 1. The number of rotatable bonds is 8. The highest BCUT2D eigenvalue weighted by atomic mass is 16.5. The van der Waals surface area contributed by atoms with Crippen molar-refractivity contribution < 1.29 is 9.53 Å². The van der Waals surface area contributed by atoms with Gasteiger partial charge in [0, 0.05) is 31.6 Å². The lowest BCUT2D eigenvalue weighted by Crippen LogP contribution is -2.28. The fourth-order valence-corrected chi connectivity index (χ4v) is 3.43. The van der Waals surface area contributed by atoms with Crippen LogP contribution >= 0.6 is 0 Å². The molecule has 4 rings (SSSR count). The molecule has 0 fully saturated rings. The summed E-state index contributed by atoms with van der Waals surface area (Å²) in [6, 6.07) is 18.3. The van der Waals surface area contributed by atoms with E-state index in [1.807, 2.05) is 59.4 Å². The van der Waals surface area contributed by atoms with Crippen molar-refractivity contribution in [3.8, 4) is 0 Å². The van der Waals surface area contributed by atoms with Gasteiger partial charge < -0.3 is 14.6 Å². The highest BCUT2D eigenvalue weighted by Crippen LogP contribution is 2.20. The molecule has 2 aromatic heterocycles. The topological polar surface area (TPSA) is 91.0 Å². The highest BCUT2D eigenvalue weighted by molar-refractivity contribution is 5.96. The standard InChI is InChI=1S/C23H23N5O3/c1-31-14-13-28-23(30)19-16-18(9-10-20(19)25-26-28)24-22(29)21(27-11-5-6-12-27)15-17-7-3-2-4-8-17/h2-12,16,21H,13-15H2,1H3,(H,24,29). The van der Waals surface area contributed by atoms with Gasteiger partial charge in [-0.05, 0) is 35.9 Å². The second kappa shape index (κ2) is 9.36. The molecule has 8 heteroatoms. The molecule has 4 aromatic rings. The van der Waals surface area contributed by atoms with Gasteiger partial charge in [0.1, 0.15) is 11.6 Å². The first-order chi connectivity index (χ1) is 15.2. The van der Waals surface area contributed by atoms with E-state index in [1.54, 1.807) is 25.3 Å². The molecule has 0 saturated carbocycles. The van der Waals surface area contributed by atoms with Gasteiger partial charge in [0.05, 0.1) is 18.5 Å². The number of benzene rings is 2. The van der Waals surface area contributed by atoms with E-state index < -0.39 is 6.04 Å². The van der Waals surface area contributed by atoms with Crippen molar-refractivity contribution in [2.24, 2.45) is 0 Å². The first kappa shape index (κ1) is 20.5. The zero-order valence-corrected chi connectivity index (χ0v) is 17.1. The zero-order valence-electron chi connectivity index (χ0n) is 17.1. The molecule has 0 aliphatic heterocycles. The molecule has 1 unspecified atom stereocenters. The fraction of sp³-hybridized carbons (Fsp3) is 0.217. The number of fused-ring (bicyclic) bond motifs is 1. The molecule has 1 atom stereocenters. The van der Waals surface area contributed by atoms with Gasteiger partial charge in [-0.25, -0.2) is 4.68 Å². The molecule has 8 nitrogen and oxygen atoms in total. The largest absolute Gasteiger partial charge is 0.383 e. The summed E-state index contributed by atoms with van der Waals surface area (Å²) >= 11 is 0. The molecule has 1 N–H and O–H groups in total. The Hall–Kier alpha value is -3.78. The maximum atomic E-state index is 13.2. The van der Waals surface area contributed by atoms with Gasteiger partial charge in [-0.2, -0.15) is 0 Å². The van der Waals surface area contributed by atoms with E-state index in [2.05, 4.69) is 15.6 Å². The summed E-state index contributed by atoms with van der Waals surface area (Å²) in [6.07, 6.45) is 4.29. The van der Waals surface area contributed by atoms with Crippen molar-refractivity contribution in [2.45, 2.75) is 19.0 Å². The molecule has 0 spiro atoms. The number of nitrogens with zero attached hydrogens (tertiary/aromatic N) is 4. The second-order valence-corrected chi connectivity index (χ2v) is 7.17. The average Bonchev–Trinajstić information content (AvgIpc) is 3.32. The van der Waals surface area contributed by atoms with Crippen LogP contribution in [0.15, 0.2) is 77.9 Å². The van der Waals surface area contributed by atoms with Gasteiger partial charge >= 0.3 is 0 Å². The van der Waals surface area contributed by atoms with E-state index >= 15 is 0 Å².